The molecule has 0 aromatic heterocycles. The zero-order chi connectivity index (χ0) is 16.3. The van der Waals surface area contributed by atoms with E-state index in [1.54, 1.807) is 0 Å². The zero-order valence-electron chi connectivity index (χ0n) is 14.9. The average molecular weight is 449 g/mol. The van der Waals surface area contributed by atoms with Crippen LogP contribution < -0.4 is 10.6 Å². The van der Waals surface area contributed by atoms with E-state index in [0.717, 1.165) is 25.6 Å². The molecule has 5 heteroatoms. The van der Waals surface area contributed by atoms with E-state index < -0.39 is 0 Å². The molecule has 0 saturated heterocycles. The van der Waals surface area contributed by atoms with E-state index in [4.69, 9.17) is 4.99 Å². The highest BCUT2D eigenvalue weighted by Gasteiger charge is 2.19. The van der Waals surface area contributed by atoms with Crippen LogP contribution in [0.25, 0.3) is 0 Å². The maximum atomic E-state index is 4.77. The molecule has 1 aromatic rings. The van der Waals surface area contributed by atoms with Gasteiger partial charge in [-0.25, -0.2) is 0 Å². The average Bonchev–Trinajstić information content (AvgIpc) is 2.53. The number of nitrogens with zero attached hydrogens (tertiary/aromatic N) is 1. The Balaban J connectivity index is 0.00000484. The fraction of sp³-hybridized carbons (Fsp3) is 0.611. The maximum Gasteiger partial charge on any atom is 0.191 e. The summed E-state index contributed by atoms with van der Waals surface area (Å²) >= 11 is 1.91. The van der Waals surface area contributed by atoms with Gasteiger partial charge in [0.05, 0.1) is 6.54 Å². The lowest BCUT2D eigenvalue weighted by molar-refractivity contribution is 0.537. The Morgan fingerprint density at radius 1 is 1.13 bits per heavy atom. The fourth-order valence-corrected chi connectivity index (χ4v) is 2.67. The second kappa shape index (κ2) is 12.9. The number of rotatable bonds is 9. The normalized spacial score (nSPS) is 11.7. The number of thioether (sulfide) groups is 1. The van der Waals surface area contributed by atoms with Gasteiger partial charge in [-0.05, 0) is 37.3 Å². The lowest BCUT2D eigenvalue weighted by Crippen LogP contribution is -2.39. The van der Waals surface area contributed by atoms with E-state index in [1.807, 2.05) is 11.8 Å². The van der Waals surface area contributed by atoms with Gasteiger partial charge in [0.2, 0.25) is 0 Å². The Hall–Kier alpha value is -0.430. The number of aliphatic imine (C=N–C) groups is 1. The van der Waals surface area contributed by atoms with Crippen molar-refractivity contribution in [3.8, 4) is 0 Å². The second-order valence-electron chi connectivity index (χ2n) is 6.07. The molecule has 23 heavy (non-hydrogen) atoms. The van der Waals surface area contributed by atoms with E-state index in [-0.39, 0.29) is 29.4 Å². The van der Waals surface area contributed by atoms with E-state index in [0.29, 0.717) is 0 Å². The lowest BCUT2D eigenvalue weighted by atomic mass is 9.85. The topological polar surface area (TPSA) is 36.4 Å². The van der Waals surface area contributed by atoms with Gasteiger partial charge in [0.1, 0.15) is 0 Å². The third-order valence-corrected chi connectivity index (χ3v) is 4.30. The number of hydrogen-bond donors (Lipinski definition) is 2. The summed E-state index contributed by atoms with van der Waals surface area (Å²) < 4.78 is 0. The first-order valence-corrected chi connectivity index (χ1v) is 9.56. The molecule has 3 nitrogen and oxygen atoms in total. The molecule has 0 radical (unpaired) electrons. The summed E-state index contributed by atoms with van der Waals surface area (Å²) in [6, 6.07) is 10.6. The SMILES string of the molecule is CCNC(=NCC(C)(C)c1ccccc1)NCCCCSC.I. The van der Waals surface area contributed by atoms with Crippen molar-refractivity contribution in [2.24, 2.45) is 4.99 Å². The summed E-state index contributed by atoms with van der Waals surface area (Å²) in [6.07, 6.45) is 4.60. The van der Waals surface area contributed by atoms with Crippen molar-refractivity contribution in [2.45, 2.75) is 39.0 Å². The van der Waals surface area contributed by atoms with Crippen LogP contribution in [0.1, 0.15) is 39.2 Å². The highest BCUT2D eigenvalue weighted by Crippen LogP contribution is 2.22. The summed E-state index contributed by atoms with van der Waals surface area (Å²) in [4.78, 5) is 4.77. The molecule has 132 valence electrons. The first-order valence-electron chi connectivity index (χ1n) is 8.17. The third kappa shape index (κ3) is 9.45. The number of hydrogen-bond acceptors (Lipinski definition) is 2. The maximum absolute atomic E-state index is 4.77. The van der Waals surface area contributed by atoms with Crippen LogP contribution in [0.4, 0.5) is 0 Å². The fourth-order valence-electron chi connectivity index (χ4n) is 2.18. The Morgan fingerprint density at radius 3 is 2.43 bits per heavy atom. The predicted molar refractivity (Wildman–Crippen MR) is 116 cm³/mol. The molecule has 0 aliphatic rings. The number of nitrogens with one attached hydrogen (secondary N) is 2. The Bertz CT molecular complexity index is 435. The van der Waals surface area contributed by atoms with Crippen molar-refractivity contribution in [2.75, 3.05) is 31.6 Å². The summed E-state index contributed by atoms with van der Waals surface area (Å²) in [5, 5.41) is 6.76. The quantitative estimate of drug-likeness (QED) is 0.256. The minimum Gasteiger partial charge on any atom is -0.357 e. The van der Waals surface area contributed by atoms with E-state index in [1.165, 1.54) is 24.2 Å². The summed E-state index contributed by atoms with van der Waals surface area (Å²) in [7, 11) is 0. The summed E-state index contributed by atoms with van der Waals surface area (Å²) in [5.41, 5.74) is 1.37. The number of guanidine groups is 1. The molecule has 0 amide bonds. The van der Waals surface area contributed by atoms with Gasteiger partial charge in [-0.15, -0.1) is 24.0 Å². The van der Waals surface area contributed by atoms with Crippen molar-refractivity contribution < 1.29 is 0 Å². The molecule has 0 aliphatic heterocycles. The monoisotopic (exact) mass is 449 g/mol. The van der Waals surface area contributed by atoms with Crippen LogP contribution in [0.5, 0.6) is 0 Å². The first-order chi connectivity index (χ1) is 10.6. The van der Waals surface area contributed by atoms with Crippen molar-refractivity contribution in [3.63, 3.8) is 0 Å². The highest BCUT2D eigenvalue weighted by molar-refractivity contribution is 14.0. The molecule has 0 bridgehead atoms. The summed E-state index contributed by atoms with van der Waals surface area (Å²) in [5.74, 6) is 2.16. The predicted octanol–water partition coefficient (Wildman–Crippen LogP) is 4.28. The molecule has 0 unspecified atom stereocenters. The molecule has 0 saturated carbocycles. The van der Waals surface area contributed by atoms with Crippen LogP contribution in [-0.4, -0.2) is 37.6 Å². The molecule has 0 aliphatic carbocycles. The Morgan fingerprint density at radius 2 is 1.83 bits per heavy atom. The molecule has 0 spiro atoms. The van der Waals surface area contributed by atoms with E-state index in [9.17, 15) is 0 Å². The van der Waals surface area contributed by atoms with E-state index >= 15 is 0 Å². The van der Waals surface area contributed by atoms with Gasteiger partial charge in [0.25, 0.3) is 0 Å². The lowest BCUT2D eigenvalue weighted by Gasteiger charge is -2.24. The Kier molecular flexibility index (Phi) is 12.7. The van der Waals surface area contributed by atoms with Crippen molar-refractivity contribution >= 4 is 41.7 Å². The largest absolute Gasteiger partial charge is 0.357 e. The van der Waals surface area contributed by atoms with Crippen LogP contribution in [0.3, 0.4) is 0 Å². The second-order valence-corrected chi connectivity index (χ2v) is 7.06. The molecule has 2 N–H and O–H groups in total. The van der Waals surface area contributed by atoms with Crippen molar-refractivity contribution in [1.29, 1.82) is 0 Å². The number of halogens is 1. The first kappa shape index (κ1) is 22.6. The van der Waals surface area contributed by atoms with Gasteiger partial charge in [0.15, 0.2) is 5.96 Å². The number of unbranched alkanes of at least 4 members (excludes halogenated alkanes) is 1. The van der Waals surface area contributed by atoms with Gasteiger partial charge in [-0.3, -0.25) is 4.99 Å². The third-order valence-electron chi connectivity index (χ3n) is 3.60. The van der Waals surface area contributed by atoms with Crippen LogP contribution in [-0.2, 0) is 5.41 Å². The zero-order valence-corrected chi connectivity index (χ0v) is 18.0. The Labute approximate surface area is 163 Å². The number of benzene rings is 1. The van der Waals surface area contributed by atoms with Crippen molar-refractivity contribution in [1.82, 2.24) is 10.6 Å². The van der Waals surface area contributed by atoms with Gasteiger partial charge >= 0.3 is 0 Å². The van der Waals surface area contributed by atoms with E-state index in [2.05, 4.69) is 68.0 Å². The molecule has 0 heterocycles. The summed E-state index contributed by atoms with van der Waals surface area (Å²) in [6.45, 7) is 9.24. The molecular weight excluding hydrogens is 417 g/mol. The van der Waals surface area contributed by atoms with Crippen LogP contribution in [0.15, 0.2) is 35.3 Å². The molecule has 0 atom stereocenters. The molecule has 1 aromatic carbocycles. The molecular formula is C18H32IN3S. The standard InChI is InChI=1S/C18H31N3S.HI/c1-5-19-17(20-13-9-10-14-22-4)21-15-18(2,3)16-11-7-6-8-12-16;/h6-8,11-12H,5,9-10,13-15H2,1-4H3,(H2,19,20,21);1H. The molecule has 0 fully saturated rings. The van der Waals surface area contributed by atoms with Gasteiger partial charge < -0.3 is 10.6 Å². The van der Waals surface area contributed by atoms with Crippen molar-refractivity contribution in [3.05, 3.63) is 35.9 Å². The van der Waals surface area contributed by atoms with Crippen LogP contribution in [0.2, 0.25) is 0 Å². The smallest absolute Gasteiger partial charge is 0.191 e. The van der Waals surface area contributed by atoms with Crippen LogP contribution >= 0.6 is 35.7 Å². The van der Waals surface area contributed by atoms with Gasteiger partial charge in [-0.1, -0.05) is 44.2 Å². The van der Waals surface area contributed by atoms with Crippen LogP contribution in [0, 0.1) is 0 Å². The molecule has 1 rings (SSSR count). The minimum atomic E-state index is 0. The minimum absolute atomic E-state index is 0. The van der Waals surface area contributed by atoms with Gasteiger partial charge in [0, 0.05) is 18.5 Å². The highest BCUT2D eigenvalue weighted by atomic mass is 127. The van der Waals surface area contributed by atoms with Gasteiger partial charge in [-0.2, -0.15) is 11.8 Å².